The summed E-state index contributed by atoms with van der Waals surface area (Å²) in [6.45, 7) is 3.55. The van der Waals surface area contributed by atoms with Gasteiger partial charge in [0, 0.05) is 0 Å². The van der Waals surface area contributed by atoms with Crippen LogP contribution in [0.15, 0.2) is 12.1 Å². The molecule has 0 aliphatic carbocycles. The van der Waals surface area contributed by atoms with E-state index >= 15 is 0 Å². The van der Waals surface area contributed by atoms with Crippen molar-refractivity contribution in [3.05, 3.63) is 28.8 Å². The van der Waals surface area contributed by atoms with E-state index in [9.17, 15) is 23.4 Å². The molecule has 0 aliphatic heterocycles. The predicted molar refractivity (Wildman–Crippen MR) is 53.2 cm³/mol. The number of alkyl halides is 3. The zero-order valence-electron chi connectivity index (χ0n) is 9.18. The van der Waals surface area contributed by atoms with E-state index in [1.54, 1.807) is 0 Å². The van der Waals surface area contributed by atoms with E-state index in [4.69, 9.17) is 0 Å². The Morgan fingerprint density at radius 2 is 1.44 bits per heavy atom. The van der Waals surface area contributed by atoms with Gasteiger partial charge in [-0.2, -0.15) is 13.2 Å². The van der Waals surface area contributed by atoms with Crippen molar-refractivity contribution in [1.29, 1.82) is 0 Å². The third-order valence-corrected chi connectivity index (χ3v) is 2.56. The number of phenolic OH excluding ortho intramolecular Hbond substituents is 1. The summed E-state index contributed by atoms with van der Waals surface area (Å²) in [6.07, 6.45) is -4.75. The molecule has 0 fully saturated rings. The Bertz CT molecular complexity index is 385. The fraction of sp³-hybridized carbons (Fsp3) is 0.455. The first-order valence-corrected chi connectivity index (χ1v) is 4.67. The quantitative estimate of drug-likeness (QED) is 0.784. The average molecular weight is 234 g/mol. The second-order valence-corrected chi connectivity index (χ2v) is 4.02. The molecule has 90 valence electrons. The molecule has 2 N–H and O–H groups in total. The van der Waals surface area contributed by atoms with Gasteiger partial charge in [-0.15, -0.1) is 0 Å². The van der Waals surface area contributed by atoms with Gasteiger partial charge in [-0.25, -0.2) is 0 Å². The lowest BCUT2D eigenvalue weighted by Gasteiger charge is -2.29. The van der Waals surface area contributed by atoms with Crippen LogP contribution in [0, 0.1) is 13.8 Å². The molecule has 5 heteroatoms. The molecule has 2 nitrogen and oxygen atoms in total. The predicted octanol–water partition coefficient (Wildman–Crippen LogP) is 2.78. The van der Waals surface area contributed by atoms with E-state index < -0.39 is 11.8 Å². The summed E-state index contributed by atoms with van der Waals surface area (Å²) in [7, 11) is 0. The van der Waals surface area contributed by atoms with E-state index in [2.05, 4.69) is 0 Å². The number of aliphatic hydroxyl groups is 1. The maximum atomic E-state index is 12.7. The highest BCUT2D eigenvalue weighted by molar-refractivity contribution is 5.44. The van der Waals surface area contributed by atoms with Crippen LogP contribution in [0.5, 0.6) is 5.75 Å². The summed E-state index contributed by atoms with van der Waals surface area (Å²) < 4.78 is 38.0. The van der Waals surface area contributed by atoms with Gasteiger partial charge in [0.2, 0.25) is 0 Å². The summed E-state index contributed by atoms with van der Waals surface area (Å²) in [5.41, 5.74) is -2.70. The molecule has 0 saturated heterocycles. The van der Waals surface area contributed by atoms with Crippen molar-refractivity contribution in [2.45, 2.75) is 32.5 Å². The number of rotatable bonds is 1. The van der Waals surface area contributed by atoms with Gasteiger partial charge in [0.25, 0.3) is 0 Å². The normalized spacial score (nSPS) is 15.9. The van der Waals surface area contributed by atoms with Gasteiger partial charge in [-0.1, -0.05) is 0 Å². The van der Waals surface area contributed by atoms with Gasteiger partial charge in [-0.05, 0) is 49.6 Å². The van der Waals surface area contributed by atoms with Crippen LogP contribution in [-0.4, -0.2) is 16.4 Å². The Hall–Kier alpha value is -1.23. The summed E-state index contributed by atoms with van der Waals surface area (Å²) in [5.74, 6) is -0.114. The maximum absolute atomic E-state index is 12.7. The Balaban J connectivity index is 3.45. The molecule has 0 radical (unpaired) electrons. The summed E-state index contributed by atoms with van der Waals surface area (Å²) in [6, 6.07) is 2.39. The molecule has 1 aromatic rings. The van der Waals surface area contributed by atoms with Crippen LogP contribution in [0.25, 0.3) is 0 Å². The summed E-state index contributed by atoms with van der Waals surface area (Å²) in [4.78, 5) is 0. The van der Waals surface area contributed by atoms with Crippen molar-refractivity contribution >= 4 is 0 Å². The minimum absolute atomic E-state index is 0.114. The molecule has 0 heterocycles. The molecule has 0 amide bonds. The number of phenols is 1. The van der Waals surface area contributed by atoms with Gasteiger partial charge in [0.05, 0.1) is 0 Å². The number of halogens is 3. The first-order chi connectivity index (χ1) is 7.07. The van der Waals surface area contributed by atoms with Crippen LogP contribution in [0.2, 0.25) is 0 Å². The maximum Gasteiger partial charge on any atom is 0.421 e. The largest absolute Gasteiger partial charge is 0.508 e. The third-order valence-electron chi connectivity index (χ3n) is 2.56. The molecule has 0 spiro atoms. The van der Waals surface area contributed by atoms with Crippen LogP contribution in [0.1, 0.15) is 23.6 Å². The number of hydrogen-bond acceptors (Lipinski definition) is 2. The fourth-order valence-electron chi connectivity index (χ4n) is 1.85. The van der Waals surface area contributed by atoms with E-state index in [0.717, 1.165) is 0 Å². The van der Waals surface area contributed by atoms with E-state index in [1.165, 1.54) is 26.0 Å². The second-order valence-electron chi connectivity index (χ2n) is 4.02. The Morgan fingerprint density at radius 3 is 1.75 bits per heavy atom. The number of aryl methyl sites for hydroxylation is 2. The molecule has 0 aromatic heterocycles. The van der Waals surface area contributed by atoms with Gasteiger partial charge in [0.1, 0.15) is 5.75 Å². The molecular weight excluding hydrogens is 221 g/mol. The van der Waals surface area contributed by atoms with E-state index in [-0.39, 0.29) is 22.4 Å². The standard InChI is InChI=1S/C11H13F3O2/c1-6-4-8(15)5-7(2)9(6)10(3,16)11(12,13)14/h4-5,15-16H,1-3H3. The first-order valence-electron chi connectivity index (χ1n) is 4.67. The fourth-order valence-corrected chi connectivity index (χ4v) is 1.85. The van der Waals surface area contributed by atoms with Gasteiger partial charge in [-0.3, -0.25) is 0 Å². The Kier molecular flexibility index (Phi) is 2.94. The monoisotopic (exact) mass is 234 g/mol. The van der Waals surface area contributed by atoms with Crippen molar-refractivity contribution in [3.8, 4) is 5.75 Å². The molecule has 16 heavy (non-hydrogen) atoms. The molecule has 1 atom stereocenters. The SMILES string of the molecule is Cc1cc(O)cc(C)c1C(C)(O)C(F)(F)F. The van der Waals surface area contributed by atoms with Crippen LogP contribution in [-0.2, 0) is 5.60 Å². The highest BCUT2D eigenvalue weighted by atomic mass is 19.4. The number of hydrogen-bond donors (Lipinski definition) is 2. The molecule has 0 saturated carbocycles. The smallest absolute Gasteiger partial charge is 0.421 e. The molecule has 1 unspecified atom stereocenters. The van der Waals surface area contributed by atoms with Gasteiger partial charge in [0.15, 0.2) is 5.60 Å². The Labute approximate surface area is 91.3 Å². The first kappa shape index (κ1) is 12.8. The van der Waals surface area contributed by atoms with E-state index in [0.29, 0.717) is 6.92 Å². The van der Waals surface area contributed by atoms with Crippen LogP contribution in [0.4, 0.5) is 13.2 Å². The highest BCUT2D eigenvalue weighted by Gasteiger charge is 2.52. The van der Waals surface area contributed by atoms with Crippen LogP contribution < -0.4 is 0 Å². The van der Waals surface area contributed by atoms with Gasteiger partial charge < -0.3 is 10.2 Å². The number of aromatic hydroxyl groups is 1. The summed E-state index contributed by atoms with van der Waals surface area (Å²) in [5, 5.41) is 18.8. The average Bonchev–Trinajstić information content (AvgIpc) is 1.97. The van der Waals surface area contributed by atoms with Crippen molar-refractivity contribution in [2.75, 3.05) is 0 Å². The van der Waals surface area contributed by atoms with Crippen molar-refractivity contribution < 1.29 is 23.4 Å². The summed E-state index contributed by atoms with van der Waals surface area (Å²) >= 11 is 0. The lowest BCUT2D eigenvalue weighted by molar-refractivity contribution is -0.259. The minimum Gasteiger partial charge on any atom is -0.508 e. The lowest BCUT2D eigenvalue weighted by Crippen LogP contribution is -2.40. The van der Waals surface area contributed by atoms with Crippen LogP contribution in [0.3, 0.4) is 0 Å². The second kappa shape index (κ2) is 3.66. The third kappa shape index (κ3) is 2.00. The van der Waals surface area contributed by atoms with Gasteiger partial charge >= 0.3 is 6.18 Å². The zero-order valence-corrected chi connectivity index (χ0v) is 9.18. The lowest BCUT2D eigenvalue weighted by atomic mass is 9.87. The van der Waals surface area contributed by atoms with Crippen molar-refractivity contribution in [3.63, 3.8) is 0 Å². The molecule has 1 rings (SSSR count). The highest BCUT2D eigenvalue weighted by Crippen LogP contribution is 2.42. The minimum atomic E-state index is -4.75. The molecule has 0 bridgehead atoms. The Morgan fingerprint density at radius 1 is 1.06 bits per heavy atom. The number of benzene rings is 1. The topological polar surface area (TPSA) is 40.5 Å². The van der Waals surface area contributed by atoms with E-state index in [1.807, 2.05) is 0 Å². The van der Waals surface area contributed by atoms with Crippen molar-refractivity contribution in [2.24, 2.45) is 0 Å². The van der Waals surface area contributed by atoms with Crippen molar-refractivity contribution in [1.82, 2.24) is 0 Å². The molecule has 1 aromatic carbocycles. The van der Waals surface area contributed by atoms with Crippen LogP contribution >= 0.6 is 0 Å². The molecule has 0 aliphatic rings. The molecular formula is C11H13F3O2. The zero-order chi connectivity index (χ0) is 12.7.